The Kier molecular flexibility index (Phi) is 6.88. The summed E-state index contributed by atoms with van der Waals surface area (Å²) in [5, 5.41) is 7.40. The van der Waals surface area contributed by atoms with Crippen LogP contribution in [-0.4, -0.2) is 64.4 Å². The number of rotatable bonds is 4. The number of ether oxygens (including phenoxy) is 1. The first kappa shape index (κ1) is 22.0. The van der Waals surface area contributed by atoms with Gasteiger partial charge < -0.3 is 14.5 Å². The normalized spacial score (nSPS) is 20.2. The molecule has 9 nitrogen and oxygen atoms in total. The van der Waals surface area contributed by atoms with Crippen molar-refractivity contribution in [1.29, 1.82) is 0 Å². The van der Waals surface area contributed by atoms with Crippen molar-refractivity contribution in [1.82, 2.24) is 20.6 Å². The van der Waals surface area contributed by atoms with Crippen molar-refractivity contribution >= 4 is 35.3 Å². The van der Waals surface area contributed by atoms with E-state index in [-0.39, 0.29) is 17.6 Å². The second-order valence-corrected chi connectivity index (χ2v) is 7.66. The number of nitrogens with zero attached hydrogens (tertiary/aromatic N) is 2. The molecule has 1 atom stereocenters. The fraction of sp³-hybridized carbons (Fsp3) is 0.500. The van der Waals surface area contributed by atoms with Crippen LogP contribution in [0.5, 0.6) is 0 Å². The second-order valence-electron chi connectivity index (χ2n) is 7.27. The average molecular weight is 435 g/mol. The third-order valence-corrected chi connectivity index (χ3v) is 5.55. The summed E-state index contributed by atoms with van der Waals surface area (Å²) in [4.78, 5) is 43.4. The minimum absolute atomic E-state index is 0.254. The predicted octanol–water partition coefficient (Wildman–Crippen LogP) is 1.33. The van der Waals surface area contributed by atoms with E-state index in [1.54, 1.807) is 6.92 Å². The number of likely N-dealkylation sites (tertiary alicyclic amines) is 1. The smallest absolute Gasteiger partial charge is 0.413 e. The van der Waals surface area contributed by atoms with E-state index < -0.39 is 23.8 Å². The van der Waals surface area contributed by atoms with Crippen molar-refractivity contribution in [3.63, 3.8) is 0 Å². The first-order chi connectivity index (χ1) is 14.3. The van der Waals surface area contributed by atoms with Crippen LogP contribution in [0.2, 0.25) is 0 Å². The maximum absolute atomic E-state index is 13.0. The molecule has 2 heterocycles. The third kappa shape index (κ3) is 4.88. The molecule has 2 amide bonds. The predicted molar refractivity (Wildman–Crippen MR) is 112 cm³/mol. The van der Waals surface area contributed by atoms with Gasteiger partial charge in [-0.15, -0.1) is 5.06 Å². The van der Waals surface area contributed by atoms with Crippen LogP contribution < -0.4 is 10.6 Å². The summed E-state index contributed by atoms with van der Waals surface area (Å²) >= 11 is 5.29. The van der Waals surface area contributed by atoms with Crippen LogP contribution in [0.3, 0.4) is 0 Å². The molecule has 0 radical (unpaired) electrons. The number of amides is 2. The summed E-state index contributed by atoms with van der Waals surface area (Å²) in [6.07, 6.45) is 0.844. The third-order valence-electron chi connectivity index (χ3n) is 5.19. The quantitative estimate of drug-likeness (QED) is 0.685. The van der Waals surface area contributed by atoms with E-state index in [4.69, 9.17) is 21.8 Å². The Morgan fingerprint density at radius 1 is 1.27 bits per heavy atom. The number of benzene rings is 1. The molecule has 0 saturated carbocycles. The van der Waals surface area contributed by atoms with Crippen LogP contribution in [0.25, 0.3) is 0 Å². The molecule has 2 fully saturated rings. The number of carbonyl (C=O) groups is 3. The molecular formula is C20H26N4O5S. The van der Waals surface area contributed by atoms with Gasteiger partial charge in [-0.1, -0.05) is 30.3 Å². The van der Waals surface area contributed by atoms with E-state index in [0.717, 1.165) is 5.56 Å². The van der Waals surface area contributed by atoms with E-state index in [1.165, 1.54) is 12.0 Å². The monoisotopic (exact) mass is 434 g/mol. The van der Waals surface area contributed by atoms with Gasteiger partial charge in [0.1, 0.15) is 5.66 Å². The van der Waals surface area contributed by atoms with Crippen LogP contribution in [0.4, 0.5) is 4.79 Å². The van der Waals surface area contributed by atoms with E-state index in [2.05, 4.69) is 10.6 Å². The molecule has 1 unspecified atom stereocenters. The summed E-state index contributed by atoms with van der Waals surface area (Å²) in [6.45, 7) is 4.19. The molecule has 30 heavy (non-hydrogen) atoms. The van der Waals surface area contributed by atoms with Crippen molar-refractivity contribution in [2.24, 2.45) is 0 Å². The number of hydrogen-bond donors (Lipinski definition) is 2. The number of hydrogen-bond acceptors (Lipinski definition) is 7. The van der Waals surface area contributed by atoms with Crippen molar-refractivity contribution in [2.45, 2.75) is 44.8 Å². The molecule has 1 aromatic rings. The van der Waals surface area contributed by atoms with E-state index in [9.17, 15) is 14.4 Å². The number of alkyl carbamates (subject to hydrolysis) is 1. The molecule has 162 valence electrons. The van der Waals surface area contributed by atoms with Crippen molar-refractivity contribution < 1.29 is 24.0 Å². The van der Waals surface area contributed by atoms with Gasteiger partial charge in [-0.2, -0.15) is 0 Å². The van der Waals surface area contributed by atoms with Crippen molar-refractivity contribution in [3.05, 3.63) is 35.9 Å². The van der Waals surface area contributed by atoms with Crippen molar-refractivity contribution in [3.8, 4) is 0 Å². The van der Waals surface area contributed by atoms with Gasteiger partial charge in [-0.25, -0.2) is 4.79 Å². The first-order valence-corrected chi connectivity index (χ1v) is 10.3. The number of carbonyl (C=O) groups excluding carboxylic acids is 3. The van der Waals surface area contributed by atoms with Crippen LogP contribution in [0.15, 0.2) is 30.3 Å². The maximum Gasteiger partial charge on any atom is 0.413 e. The first-order valence-electron chi connectivity index (χ1n) is 9.91. The molecule has 3 rings (SSSR count). The molecule has 2 N–H and O–H groups in total. The van der Waals surface area contributed by atoms with E-state index in [1.807, 2.05) is 35.2 Å². The molecule has 2 aliphatic rings. The lowest BCUT2D eigenvalue weighted by Gasteiger charge is -2.43. The average Bonchev–Trinajstić information content (AvgIpc) is 2.94. The Morgan fingerprint density at radius 2 is 1.93 bits per heavy atom. The van der Waals surface area contributed by atoms with Gasteiger partial charge in [0.25, 0.3) is 5.91 Å². The molecule has 0 bridgehead atoms. The Bertz CT molecular complexity index is 811. The lowest BCUT2D eigenvalue weighted by atomic mass is 9.97. The topological polar surface area (TPSA) is 100 Å². The highest BCUT2D eigenvalue weighted by atomic mass is 32.1. The number of piperidine rings is 1. The van der Waals surface area contributed by atoms with E-state index >= 15 is 0 Å². The van der Waals surface area contributed by atoms with Gasteiger partial charge in [0.05, 0.1) is 12.6 Å². The van der Waals surface area contributed by atoms with Crippen molar-refractivity contribution in [2.75, 3.05) is 19.7 Å². The number of thiocarbonyl (C=S) groups is 1. The summed E-state index contributed by atoms with van der Waals surface area (Å²) in [5.74, 6) is -0.818. The minimum atomic E-state index is -0.807. The number of nitrogens with one attached hydrogen (secondary N) is 2. The summed E-state index contributed by atoms with van der Waals surface area (Å²) in [5.41, 5.74) is 0.207. The molecule has 2 aliphatic heterocycles. The van der Waals surface area contributed by atoms with Crippen LogP contribution in [0.1, 0.15) is 32.3 Å². The minimum Gasteiger partial charge on any atom is -0.450 e. The zero-order valence-electron chi connectivity index (χ0n) is 17.1. The summed E-state index contributed by atoms with van der Waals surface area (Å²) in [7, 11) is 0. The Hall–Kier alpha value is -2.72. The maximum atomic E-state index is 13.0. The Balaban J connectivity index is 1.69. The molecule has 10 heteroatoms. The zero-order chi connectivity index (χ0) is 21.7. The fourth-order valence-electron chi connectivity index (χ4n) is 3.81. The molecule has 0 aliphatic carbocycles. The second kappa shape index (κ2) is 9.40. The lowest BCUT2D eigenvalue weighted by Crippen LogP contribution is -2.60. The van der Waals surface area contributed by atoms with Crippen LogP contribution >= 0.6 is 12.2 Å². The molecule has 1 aromatic carbocycles. The molecule has 0 aromatic heterocycles. The molecule has 2 saturated heterocycles. The van der Waals surface area contributed by atoms with Crippen LogP contribution in [0, 0.1) is 0 Å². The largest absolute Gasteiger partial charge is 0.450 e. The standard InChI is InChI=1S/C20H26N4O5S/c1-3-28-19(27)21-18(30)23-11-9-20(10-12-23)22-16(13-15-7-5-4-6-8-15)17(26)24(20)29-14(2)25/h4-8,16,22H,3,9-13H2,1-2H3,(H,21,27,30). The number of hydroxylamine groups is 2. The summed E-state index contributed by atoms with van der Waals surface area (Å²) in [6, 6.07) is 9.18. The summed E-state index contributed by atoms with van der Waals surface area (Å²) < 4.78 is 4.86. The Morgan fingerprint density at radius 3 is 2.53 bits per heavy atom. The highest BCUT2D eigenvalue weighted by Crippen LogP contribution is 2.33. The van der Waals surface area contributed by atoms with Gasteiger partial charge in [0.15, 0.2) is 5.11 Å². The van der Waals surface area contributed by atoms with Gasteiger partial charge in [-0.3, -0.25) is 20.2 Å². The highest BCUT2D eigenvalue weighted by Gasteiger charge is 2.54. The van der Waals surface area contributed by atoms with Gasteiger partial charge in [-0.05, 0) is 31.1 Å². The molecular weight excluding hydrogens is 408 g/mol. The Labute approximate surface area is 180 Å². The SMILES string of the molecule is CCOC(=O)NC(=S)N1CCC2(CC1)NC(Cc1ccccc1)C(=O)N2OC(C)=O. The van der Waals surface area contributed by atoms with Gasteiger partial charge in [0.2, 0.25) is 0 Å². The van der Waals surface area contributed by atoms with Gasteiger partial charge in [0, 0.05) is 32.9 Å². The lowest BCUT2D eigenvalue weighted by molar-refractivity contribution is -0.218. The zero-order valence-corrected chi connectivity index (χ0v) is 17.9. The van der Waals surface area contributed by atoms with Crippen LogP contribution in [-0.2, 0) is 25.6 Å². The highest BCUT2D eigenvalue weighted by molar-refractivity contribution is 7.80. The molecule has 1 spiro atoms. The fourth-order valence-corrected chi connectivity index (χ4v) is 4.07. The van der Waals surface area contributed by atoms with E-state index in [0.29, 0.717) is 32.4 Å². The van der Waals surface area contributed by atoms with Gasteiger partial charge >= 0.3 is 12.1 Å².